The first kappa shape index (κ1) is 16.5. The van der Waals surface area contributed by atoms with Gasteiger partial charge >= 0.3 is 0 Å². The number of carbonyl (C=O) groups excluding carboxylic acids is 1. The molecule has 0 fully saturated rings. The molecule has 122 valence electrons. The maximum absolute atomic E-state index is 13.7. The standard InChI is InChI=1S/C16H9F3IN3O/c17-10-3-1-2-4-14(10)23-6-5-13(22-23)16(24)21-9-7-11(18)15(20)12(19)8-9/h1-8H,(H,21,24). The molecule has 0 bridgehead atoms. The fourth-order valence-electron chi connectivity index (χ4n) is 2.04. The zero-order valence-corrected chi connectivity index (χ0v) is 14.1. The fourth-order valence-corrected chi connectivity index (χ4v) is 2.35. The number of carbonyl (C=O) groups is 1. The molecule has 3 rings (SSSR count). The maximum atomic E-state index is 13.7. The second-order valence-electron chi connectivity index (χ2n) is 4.80. The largest absolute Gasteiger partial charge is 0.320 e. The molecule has 4 nitrogen and oxygen atoms in total. The Hall–Kier alpha value is -2.36. The molecule has 1 N–H and O–H groups in total. The van der Waals surface area contributed by atoms with Gasteiger partial charge in [-0.05, 0) is 52.9 Å². The van der Waals surface area contributed by atoms with Crippen molar-refractivity contribution in [1.82, 2.24) is 9.78 Å². The van der Waals surface area contributed by atoms with E-state index in [1.807, 2.05) is 0 Å². The molecule has 0 spiro atoms. The Labute approximate surface area is 148 Å². The molecular weight excluding hydrogens is 434 g/mol. The van der Waals surface area contributed by atoms with Gasteiger partial charge < -0.3 is 5.32 Å². The minimum atomic E-state index is -0.775. The first-order valence-corrected chi connectivity index (χ1v) is 7.80. The predicted molar refractivity (Wildman–Crippen MR) is 90.6 cm³/mol. The highest BCUT2D eigenvalue weighted by atomic mass is 127. The third kappa shape index (κ3) is 3.28. The van der Waals surface area contributed by atoms with Gasteiger partial charge in [-0.2, -0.15) is 5.10 Å². The van der Waals surface area contributed by atoms with Gasteiger partial charge in [-0.1, -0.05) is 12.1 Å². The number of rotatable bonds is 3. The Morgan fingerprint density at radius 3 is 2.38 bits per heavy atom. The number of anilines is 1. The number of halogens is 4. The van der Waals surface area contributed by atoms with Crippen molar-refractivity contribution in [3.8, 4) is 5.69 Å². The zero-order chi connectivity index (χ0) is 17.3. The Morgan fingerprint density at radius 1 is 1.04 bits per heavy atom. The first-order valence-electron chi connectivity index (χ1n) is 6.72. The highest BCUT2D eigenvalue weighted by Gasteiger charge is 2.14. The van der Waals surface area contributed by atoms with Gasteiger partial charge in [0.25, 0.3) is 5.91 Å². The van der Waals surface area contributed by atoms with Crippen molar-refractivity contribution in [3.63, 3.8) is 0 Å². The Morgan fingerprint density at radius 2 is 1.71 bits per heavy atom. The van der Waals surface area contributed by atoms with E-state index >= 15 is 0 Å². The number of nitrogens with one attached hydrogen (secondary N) is 1. The molecule has 1 heterocycles. The van der Waals surface area contributed by atoms with Crippen LogP contribution in [0.1, 0.15) is 10.5 Å². The summed E-state index contributed by atoms with van der Waals surface area (Å²) in [6.45, 7) is 0. The van der Waals surface area contributed by atoms with E-state index in [4.69, 9.17) is 0 Å². The second kappa shape index (κ2) is 6.63. The van der Waals surface area contributed by atoms with E-state index in [1.54, 1.807) is 6.07 Å². The minimum Gasteiger partial charge on any atom is -0.320 e. The number of hydrogen-bond acceptors (Lipinski definition) is 2. The molecule has 3 aromatic rings. The number of nitrogens with zero attached hydrogens (tertiary/aromatic N) is 2. The molecule has 0 aliphatic heterocycles. The van der Waals surface area contributed by atoms with Crippen LogP contribution in [0.2, 0.25) is 0 Å². The van der Waals surface area contributed by atoms with Gasteiger partial charge in [0.15, 0.2) is 5.69 Å². The normalized spacial score (nSPS) is 10.7. The molecular formula is C16H9F3IN3O. The number of hydrogen-bond donors (Lipinski definition) is 1. The smallest absolute Gasteiger partial charge is 0.276 e. The van der Waals surface area contributed by atoms with Crippen LogP contribution in [0.25, 0.3) is 5.69 Å². The van der Waals surface area contributed by atoms with Crippen molar-refractivity contribution >= 4 is 34.2 Å². The zero-order valence-electron chi connectivity index (χ0n) is 11.9. The van der Waals surface area contributed by atoms with Crippen LogP contribution >= 0.6 is 22.6 Å². The van der Waals surface area contributed by atoms with Crippen LogP contribution in [0.15, 0.2) is 48.7 Å². The predicted octanol–water partition coefficient (Wildman–Crippen LogP) is 4.15. The monoisotopic (exact) mass is 443 g/mol. The van der Waals surface area contributed by atoms with E-state index in [2.05, 4.69) is 10.4 Å². The number of amides is 1. The molecule has 0 aliphatic carbocycles. The Bertz CT molecular complexity index is 903. The molecule has 0 aliphatic rings. The van der Waals surface area contributed by atoms with Crippen molar-refractivity contribution in [1.29, 1.82) is 0 Å². The average molecular weight is 443 g/mol. The van der Waals surface area contributed by atoms with Crippen LogP contribution in [0.4, 0.5) is 18.9 Å². The van der Waals surface area contributed by atoms with E-state index in [0.29, 0.717) is 0 Å². The Kier molecular flexibility index (Phi) is 4.56. The molecule has 24 heavy (non-hydrogen) atoms. The summed E-state index contributed by atoms with van der Waals surface area (Å²) >= 11 is 1.53. The van der Waals surface area contributed by atoms with Crippen molar-refractivity contribution in [3.05, 3.63) is 75.4 Å². The van der Waals surface area contributed by atoms with Crippen molar-refractivity contribution < 1.29 is 18.0 Å². The lowest BCUT2D eigenvalue weighted by Crippen LogP contribution is -2.14. The van der Waals surface area contributed by atoms with Crippen LogP contribution < -0.4 is 5.32 Å². The molecule has 1 amide bonds. The average Bonchev–Trinajstić information content (AvgIpc) is 3.03. The van der Waals surface area contributed by atoms with Crippen LogP contribution in [-0.2, 0) is 0 Å². The van der Waals surface area contributed by atoms with Gasteiger partial charge in [-0.25, -0.2) is 17.9 Å². The van der Waals surface area contributed by atoms with Crippen molar-refractivity contribution in [2.75, 3.05) is 5.32 Å². The summed E-state index contributed by atoms with van der Waals surface area (Å²) in [5.41, 5.74) is 0.136. The number of benzene rings is 2. The van der Waals surface area contributed by atoms with E-state index in [1.165, 1.54) is 57.7 Å². The summed E-state index contributed by atoms with van der Waals surface area (Å²) in [7, 11) is 0. The summed E-state index contributed by atoms with van der Waals surface area (Å²) < 4.78 is 41.8. The highest BCUT2D eigenvalue weighted by Crippen LogP contribution is 2.21. The third-order valence-electron chi connectivity index (χ3n) is 3.16. The van der Waals surface area contributed by atoms with E-state index in [-0.39, 0.29) is 20.6 Å². The van der Waals surface area contributed by atoms with Gasteiger partial charge in [0.05, 0.1) is 3.57 Å². The molecule has 2 aromatic carbocycles. The minimum absolute atomic E-state index is 0.0161. The summed E-state index contributed by atoms with van der Waals surface area (Å²) in [6, 6.07) is 9.35. The van der Waals surface area contributed by atoms with E-state index in [9.17, 15) is 18.0 Å². The molecule has 1 aromatic heterocycles. The van der Waals surface area contributed by atoms with Gasteiger partial charge in [0.2, 0.25) is 0 Å². The Balaban J connectivity index is 1.83. The molecule has 8 heteroatoms. The summed E-state index contributed by atoms with van der Waals surface area (Å²) in [6.07, 6.45) is 1.42. The van der Waals surface area contributed by atoms with Crippen molar-refractivity contribution in [2.24, 2.45) is 0 Å². The molecule has 0 saturated heterocycles. The fraction of sp³-hybridized carbons (Fsp3) is 0. The summed E-state index contributed by atoms with van der Waals surface area (Å²) in [5, 5.41) is 6.33. The van der Waals surface area contributed by atoms with Crippen LogP contribution in [0, 0.1) is 21.0 Å². The summed E-state index contributed by atoms with van der Waals surface area (Å²) in [5.74, 6) is -2.70. The number of para-hydroxylation sites is 1. The first-order chi connectivity index (χ1) is 11.5. The van der Waals surface area contributed by atoms with Gasteiger partial charge in [0, 0.05) is 11.9 Å². The topological polar surface area (TPSA) is 46.9 Å². The van der Waals surface area contributed by atoms with Crippen LogP contribution in [0.3, 0.4) is 0 Å². The van der Waals surface area contributed by atoms with E-state index in [0.717, 1.165) is 12.1 Å². The third-order valence-corrected chi connectivity index (χ3v) is 4.19. The SMILES string of the molecule is O=C(Nc1cc(F)c(I)c(F)c1)c1ccn(-c2ccccc2F)n1. The van der Waals surface area contributed by atoms with Crippen LogP contribution in [-0.4, -0.2) is 15.7 Å². The second-order valence-corrected chi connectivity index (χ2v) is 5.88. The molecule has 0 saturated carbocycles. The summed E-state index contributed by atoms with van der Waals surface area (Å²) in [4.78, 5) is 12.1. The van der Waals surface area contributed by atoms with Gasteiger partial charge in [-0.15, -0.1) is 0 Å². The van der Waals surface area contributed by atoms with Gasteiger partial charge in [-0.3, -0.25) is 4.79 Å². The van der Waals surface area contributed by atoms with E-state index < -0.39 is 23.4 Å². The van der Waals surface area contributed by atoms with Gasteiger partial charge in [0.1, 0.15) is 23.1 Å². The lowest BCUT2D eigenvalue weighted by molar-refractivity contribution is 0.102. The quantitative estimate of drug-likeness (QED) is 0.489. The lowest BCUT2D eigenvalue weighted by atomic mass is 10.3. The maximum Gasteiger partial charge on any atom is 0.276 e. The molecule has 0 unspecified atom stereocenters. The lowest BCUT2D eigenvalue weighted by Gasteiger charge is -2.05. The molecule has 0 radical (unpaired) electrons. The molecule has 0 atom stereocenters. The number of aromatic nitrogens is 2. The highest BCUT2D eigenvalue weighted by molar-refractivity contribution is 14.1. The van der Waals surface area contributed by atoms with Crippen molar-refractivity contribution in [2.45, 2.75) is 0 Å². The van der Waals surface area contributed by atoms with Crippen LogP contribution in [0.5, 0.6) is 0 Å².